The fourth-order valence-electron chi connectivity index (χ4n) is 3.16. The molecule has 0 N–H and O–H groups in total. The highest BCUT2D eigenvalue weighted by Gasteiger charge is 2.18. The number of benzene rings is 1. The maximum atomic E-state index is 6.25. The van der Waals surface area contributed by atoms with Crippen LogP contribution in [-0.2, 0) is 9.47 Å². The highest BCUT2D eigenvalue weighted by Crippen LogP contribution is 2.23. The Morgan fingerprint density at radius 3 is 2.29 bits per heavy atom. The van der Waals surface area contributed by atoms with Crippen LogP contribution < -0.4 is 15.0 Å². The molecular weight excluding hydrogens is 304 g/mol. The second-order valence-corrected chi connectivity index (χ2v) is 6.08. The van der Waals surface area contributed by atoms with Gasteiger partial charge in [-0.2, -0.15) is 4.58 Å². The second kappa shape index (κ2) is 7.20. The van der Waals surface area contributed by atoms with Gasteiger partial charge in [-0.05, 0) is 0 Å². The Bertz CT molecular complexity index is 741. The largest absolute Gasteiger partial charge is 0.405 e. The predicted molar refractivity (Wildman–Crippen MR) is 93.0 cm³/mol. The first-order chi connectivity index (χ1) is 11.9. The van der Waals surface area contributed by atoms with E-state index in [0.29, 0.717) is 0 Å². The molecule has 0 aliphatic carbocycles. The Kier molecular flexibility index (Phi) is 4.62. The Balaban J connectivity index is 1.81. The van der Waals surface area contributed by atoms with Gasteiger partial charge in [0.15, 0.2) is 13.1 Å². The van der Waals surface area contributed by atoms with Gasteiger partial charge in [0, 0.05) is 24.7 Å². The van der Waals surface area contributed by atoms with Crippen LogP contribution >= 0.6 is 0 Å². The van der Waals surface area contributed by atoms with Crippen LogP contribution in [0.3, 0.4) is 0 Å². The third-order valence-electron chi connectivity index (χ3n) is 4.52. The molecule has 1 aromatic carbocycles. The van der Waals surface area contributed by atoms with Gasteiger partial charge in [-0.25, -0.2) is 0 Å². The third kappa shape index (κ3) is 3.37. The zero-order chi connectivity index (χ0) is 16.2. The number of nitrogens with zero attached hydrogens (tertiary/aromatic N) is 2. The van der Waals surface area contributed by atoms with E-state index >= 15 is 0 Å². The van der Waals surface area contributed by atoms with Crippen molar-refractivity contribution in [1.29, 1.82) is 0 Å². The third-order valence-corrected chi connectivity index (χ3v) is 4.52. The molecular formula is C19H23N2O3+. The van der Waals surface area contributed by atoms with Gasteiger partial charge < -0.3 is 18.8 Å². The number of rotatable bonds is 2. The molecule has 3 heterocycles. The molecule has 126 valence electrons. The summed E-state index contributed by atoms with van der Waals surface area (Å²) < 4.78 is 19.5. The summed E-state index contributed by atoms with van der Waals surface area (Å²) in [5, 5.41) is 0. The highest BCUT2D eigenvalue weighted by atomic mass is 16.5. The van der Waals surface area contributed by atoms with Gasteiger partial charge in [0.25, 0.3) is 0 Å². The predicted octanol–water partition coefficient (Wildman–Crippen LogP) is 1.59. The van der Waals surface area contributed by atoms with Gasteiger partial charge in [-0.15, -0.1) is 0 Å². The van der Waals surface area contributed by atoms with E-state index in [4.69, 9.17) is 13.9 Å². The zero-order valence-electron chi connectivity index (χ0n) is 13.8. The summed E-state index contributed by atoms with van der Waals surface area (Å²) >= 11 is 0. The second-order valence-electron chi connectivity index (χ2n) is 6.08. The van der Waals surface area contributed by atoms with E-state index in [1.54, 1.807) is 0 Å². The Labute approximate surface area is 141 Å². The van der Waals surface area contributed by atoms with Gasteiger partial charge in [-0.3, -0.25) is 0 Å². The summed E-state index contributed by atoms with van der Waals surface area (Å²) in [6, 6.07) is 14.6. The molecule has 24 heavy (non-hydrogen) atoms. The van der Waals surface area contributed by atoms with Crippen molar-refractivity contribution in [3.05, 3.63) is 48.0 Å². The summed E-state index contributed by atoms with van der Waals surface area (Å²) in [4.78, 5) is 2.37. The van der Waals surface area contributed by atoms with E-state index < -0.39 is 0 Å². The lowest BCUT2D eigenvalue weighted by molar-refractivity contribution is 0.0924. The average molecular weight is 327 g/mol. The minimum Gasteiger partial charge on any atom is -0.405 e. The van der Waals surface area contributed by atoms with Crippen LogP contribution in [0.4, 0.5) is 5.69 Å². The van der Waals surface area contributed by atoms with E-state index in [0.717, 1.165) is 69.5 Å². The molecule has 0 atom stereocenters. The van der Waals surface area contributed by atoms with Crippen molar-refractivity contribution in [3.8, 4) is 11.3 Å². The molecule has 1 aromatic heterocycles. The Hall–Kier alpha value is -2.11. The normalized spacial score (nSPS) is 18.7. The number of anilines is 1. The van der Waals surface area contributed by atoms with Crippen molar-refractivity contribution in [1.82, 2.24) is 4.58 Å². The molecule has 0 amide bonds. The van der Waals surface area contributed by atoms with Crippen molar-refractivity contribution < 1.29 is 13.9 Å². The minimum atomic E-state index is 0.748. The topological polar surface area (TPSA) is 37.9 Å². The zero-order valence-corrected chi connectivity index (χ0v) is 13.8. The minimum absolute atomic E-state index is 0.748. The van der Waals surface area contributed by atoms with Crippen molar-refractivity contribution in [2.24, 2.45) is 0 Å². The maximum absolute atomic E-state index is 6.25. The van der Waals surface area contributed by atoms with Crippen molar-refractivity contribution >= 4 is 5.69 Å². The van der Waals surface area contributed by atoms with Gasteiger partial charge in [0.05, 0.1) is 25.0 Å². The Morgan fingerprint density at radius 2 is 1.54 bits per heavy atom. The molecule has 2 saturated heterocycles. The van der Waals surface area contributed by atoms with Crippen LogP contribution in [0.5, 0.6) is 0 Å². The lowest BCUT2D eigenvalue weighted by atomic mass is 10.1. The lowest BCUT2D eigenvalue weighted by Crippen LogP contribution is -2.41. The van der Waals surface area contributed by atoms with Crippen molar-refractivity contribution in [2.45, 2.75) is 0 Å². The van der Waals surface area contributed by atoms with Crippen LogP contribution in [-0.4, -0.2) is 52.6 Å². The molecule has 0 radical (unpaired) electrons. The summed E-state index contributed by atoms with van der Waals surface area (Å²) in [6.45, 7) is 6.62. The first-order valence-corrected chi connectivity index (χ1v) is 8.59. The van der Waals surface area contributed by atoms with E-state index in [1.807, 2.05) is 18.2 Å². The quantitative estimate of drug-likeness (QED) is 0.785. The molecule has 0 unspecified atom stereocenters. The van der Waals surface area contributed by atoms with Crippen LogP contribution in [0.25, 0.3) is 11.3 Å². The van der Waals surface area contributed by atoms with Gasteiger partial charge in [0.1, 0.15) is 19.0 Å². The summed E-state index contributed by atoms with van der Waals surface area (Å²) in [6.07, 6.45) is 0. The first kappa shape index (κ1) is 15.4. The summed E-state index contributed by atoms with van der Waals surface area (Å²) in [7, 11) is 0. The van der Waals surface area contributed by atoms with Crippen LogP contribution in [0.1, 0.15) is 0 Å². The average Bonchev–Trinajstić information content (AvgIpc) is 2.70. The summed E-state index contributed by atoms with van der Waals surface area (Å²) in [5.41, 5.74) is 3.22. The van der Waals surface area contributed by atoms with Gasteiger partial charge in [0.2, 0.25) is 0 Å². The number of hydrogen-bond donors (Lipinski definition) is 0. The smallest absolute Gasteiger partial charge is 0.370 e. The van der Waals surface area contributed by atoms with E-state index in [-0.39, 0.29) is 0 Å². The van der Waals surface area contributed by atoms with E-state index in [9.17, 15) is 0 Å². The Morgan fingerprint density at radius 1 is 0.833 bits per heavy atom. The first-order valence-electron chi connectivity index (χ1n) is 8.59. The number of morpholine rings is 2. The van der Waals surface area contributed by atoms with Crippen molar-refractivity contribution in [3.63, 3.8) is 0 Å². The van der Waals surface area contributed by atoms with E-state index in [1.165, 1.54) is 5.69 Å². The molecule has 0 saturated carbocycles. The molecule has 0 bridgehead atoms. The number of ether oxygens (including phenoxy) is 2. The molecule has 0 spiro atoms. The molecule has 5 nitrogen and oxygen atoms in total. The van der Waals surface area contributed by atoms with Crippen LogP contribution in [0.2, 0.25) is 0 Å². The standard InChI is InChI=1S/C19H23N2O3/c1-2-4-16(5-3-1)18-14-17(20-6-10-22-11-7-20)15-19(24-18)21-8-12-23-13-9-21/h1-5,14-15H,6-13H2/q+1. The molecule has 2 fully saturated rings. The van der Waals surface area contributed by atoms with Crippen LogP contribution in [0, 0.1) is 0 Å². The highest BCUT2D eigenvalue weighted by molar-refractivity contribution is 5.62. The van der Waals surface area contributed by atoms with Crippen LogP contribution in [0.15, 0.2) is 46.9 Å². The monoisotopic (exact) mass is 327 g/mol. The number of hydrogen-bond acceptors (Lipinski definition) is 4. The molecule has 4 rings (SSSR count). The molecule has 2 aromatic rings. The van der Waals surface area contributed by atoms with Gasteiger partial charge in [-0.1, -0.05) is 30.3 Å². The molecule has 2 aliphatic heterocycles. The lowest BCUT2D eigenvalue weighted by Gasteiger charge is -2.28. The van der Waals surface area contributed by atoms with E-state index in [2.05, 4.69) is 33.7 Å². The molecule has 2 aliphatic rings. The fraction of sp³-hybridized carbons (Fsp3) is 0.421. The fourth-order valence-corrected chi connectivity index (χ4v) is 3.16. The van der Waals surface area contributed by atoms with Crippen molar-refractivity contribution in [2.75, 3.05) is 57.5 Å². The van der Waals surface area contributed by atoms with Gasteiger partial charge >= 0.3 is 5.55 Å². The SMILES string of the molecule is c1ccc(-c2cc(N3CCOCC3)cc(=[N+]3CCOCC3)o2)cc1. The maximum Gasteiger partial charge on any atom is 0.370 e. The molecule has 5 heteroatoms. The summed E-state index contributed by atoms with van der Waals surface area (Å²) in [5.74, 6) is 0.904.